The van der Waals surface area contributed by atoms with Gasteiger partial charge >= 0.3 is 0 Å². The molecule has 0 spiro atoms. The van der Waals surface area contributed by atoms with E-state index in [-0.39, 0.29) is 17.3 Å². The summed E-state index contributed by atoms with van der Waals surface area (Å²) in [7, 11) is 0. The molecule has 1 unspecified atom stereocenters. The fourth-order valence-electron chi connectivity index (χ4n) is 2.94. The molecular formula is C18H18FNO. The lowest BCUT2D eigenvalue weighted by molar-refractivity contribution is 0.0929. The average molecular weight is 283 g/mol. The number of fused-ring (bicyclic) bond motifs is 1. The van der Waals surface area contributed by atoms with Crippen LogP contribution in [0.25, 0.3) is 0 Å². The summed E-state index contributed by atoms with van der Waals surface area (Å²) in [6.45, 7) is 3.42. The molecule has 2 aromatic carbocycles. The predicted octanol–water partition coefficient (Wildman–Crippen LogP) is 3.71. The van der Waals surface area contributed by atoms with E-state index in [9.17, 15) is 9.18 Å². The molecule has 0 amide bonds. The molecule has 1 aliphatic rings. The summed E-state index contributed by atoms with van der Waals surface area (Å²) in [6.07, 6.45) is 1.01. The normalized spacial score (nSPS) is 14.9. The summed E-state index contributed by atoms with van der Waals surface area (Å²) in [4.78, 5) is 14.6. The van der Waals surface area contributed by atoms with Gasteiger partial charge in [-0.1, -0.05) is 37.3 Å². The average Bonchev–Trinajstić information content (AvgIpc) is 2.90. The van der Waals surface area contributed by atoms with E-state index in [1.807, 2.05) is 19.1 Å². The highest BCUT2D eigenvalue weighted by molar-refractivity contribution is 5.98. The van der Waals surface area contributed by atoms with Crippen LogP contribution < -0.4 is 4.90 Å². The number of benzene rings is 2. The van der Waals surface area contributed by atoms with Crippen LogP contribution in [0.1, 0.15) is 22.8 Å². The van der Waals surface area contributed by atoms with Crippen molar-refractivity contribution in [2.24, 2.45) is 5.92 Å². The first-order valence-corrected chi connectivity index (χ1v) is 7.28. The smallest absolute Gasteiger partial charge is 0.170 e. The van der Waals surface area contributed by atoms with Gasteiger partial charge in [-0.05, 0) is 30.2 Å². The third-order valence-electron chi connectivity index (χ3n) is 4.06. The van der Waals surface area contributed by atoms with Crippen LogP contribution in [-0.2, 0) is 6.42 Å². The highest BCUT2D eigenvalue weighted by Gasteiger charge is 2.24. The second-order valence-electron chi connectivity index (χ2n) is 5.57. The van der Waals surface area contributed by atoms with Gasteiger partial charge in [0.25, 0.3) is 0 Å². The quantitative estimate of drug-likeness (QED) is 0.797. The second kappa shape index (κ2) is 5.68. The first-order valence-electron chi connectivity index (χ1n) is 7.28. The first kappa shape index (κ1) is 13.8. The molecule has 0 N–H and O–H groups in total. The molecule has 1 aliphatic heterocycles. The van der Waals surface area contributed by atoms with Gasteiger partial charge in [-0.15, -0.1) is 0 Å². The maximum atomic E-state index is 13.7. The van der Waals surface area contributed by atoms with Gasteiger partial charge in [0.15, 0.2) is 5.78 Å². The lowest BCUT2D eigenvalue weighted by Crippen LogP contribution is -2.30. The number of nitrogens with zero attached hydrogens (tertiary/aromatic N) is 1. The van der Waals surface area contributed by atoms with Crippen molar-refractivity contribution in [3.8, 4) is 0 Å². The van der Waals surface area contributed by atoms with Crippen LogP contribution in [0.4, 0.5) is 10.1 Å². The van der Waals surface area contributed by atoms with Gasteiger partial charge < -0.3 is 4.90 Å². The summed E-state index contributed by atoms with van der Waals surface area (Å²) < 4.78 is 13.7. The molecule has 108 valence electrons. The number of para-hydroxylation sites is 1. The van der Waals surface area contributed by atoms with Gasteiger partial charge in [0, 0.05) is 24.7 Å². The number of anilines is 1. The van der Waals surface area contributed by atoms with Crippen molar-refractivity contribution in [1.29, 1.82) is 0 Å². The molecule has 0 bridgehead atoms. The van der Waals surface area contributed by atoms with Crippen molar-refractivity contribution in [2.45, 2.75) is 13.3 Å². The minimum atomic E-state index is -0.434. The van der Waals surface area contributed by atoms with E-state index in [2.05, 4.69) is 17.0 Å². The number of hydrogen-bond donors (Lipinski definition) is 0. The van der Waals surface area contributed by atoms with Crippen LogP contribution in [0.2, 0.25) is 0 Å². The summed E-state index contributed by atoms with van der Waals surface area (Å²) in [5.74, 6) is -0.790. The Bertz CT molecular complexity index is 668. The van der Waals surface area contributed by atoms with E-state index < -0.39 is 5.82 Å². The van der Waals surface area contributed by atoms with Crippen molar-refractivity contribution >= 4 is 11.5 Å². The molecule has 0 saturated carbocycles. The van der Waals surface area contributed by atoms with Crippen LogP contribution in [0.15, 0.2) is 48.5 Å². The van der Waals surface area contributed by atoms with Crippen LogP contribution >= 0.6 is 0 Å². The van der Waals surface area contributed by atoms with Gasteiger partial charge in [0.05, 0.1) is 5.56 Å². The van der Waals surface area contributed by atoms with Crippen molar-refractivity contribution in [3.63, 3.8) is 0 Å². The zero-order chi connectivity index (χ0) is 14.8. The van der Waals surface area contributed by atoms with Gasteiger partial charge in [-0.3, -0.25) is 4.79 Å². The van der Waals surface area contributed by atoms with E-state index in [0.29, 0.717) is 6.54 Å². The molecule has 1 atom stereocenters. The molecule has 3 rings (SSSR count). The Morgan fingerprint density at radius 3 is 2.71 bits per heavy atom. The Balaban J connectivity index is 1.74. The van der Waals surface area contributed by atoms with Gasteiger partial charge in [0.1, 0.15) is 5.82 Å². The van der Waals surface area contributed by atoms with Crippen LogP contribution in [-0.4, -0.2) is 18.9 Å². The molecule has 21 heavy (non-hydrogen) atoms. The van der Waals surface area contributed by atoms with Crippen molar-refractivity contribution in [3.05, 3.63) is 65.5 Å². The lowest BCUT2D eigenvalue weighted by atomic mass is 9.98. The Hall–Kier alpha value is -2.16. The number of halogens is 1. The summed E-state index contributed by atoms with van der Waals surface area (Å²) in [5, 5.41) is 0. The highest BCUT2D eigenvalue weighted by atomic mass is 19.1. The Morgan fingerprint density at radius 2 is 1.90 bits per heavy atom. The molecule has 0 saturated heterocycles. The van der Waals surface area contributed by atoms with Gasteiger partial charge in [0.2, 0.25) is 0 Å². The largest absolute Gasteiger partial charge is 0.370 e. The summed E-state index contributed by atoms with van der Waals surface area (Å²) in [6, 6.07) is 14.5. The Kier molecular flexibility index (Phi) is 3.74. The van der Waals surface area contributed by atoms with E-state index in [1.165, 1.54) is 17.3 Å². The van der Waals surface area contributed by atoms with Crippen LogP contribution in [0.3, 0.4) is 0 Å². The van der Waals surface area contributed by atoms with Crippen LogP contribution in [0.5, 0.6) is 0 Å². The predicted molar refractivity (Wildman–Crippen MR) is 82.3 cm³/mol. The number of carbonyl (C=O) groups excluding carboxylic acids is 1. The second-order valence-corrected chi connectivity index (χ2v) is 5.57. The fourth-order valence-corrected chi connectivity index (χ4v) is 2.94. The number of carbonyl (C=O) groups is 1. The molecule has 1 heterocycles. The standard InChI is InChI=1S/C18H18FNO/c1-13(18(21)15-7-3-4-8-16(15)19)12-20-11-10-14-6-2-5-9-17(14)20/h2-9,13H,10-12H2,1H3. The van der Waals surface area contributed by atoms with Gasteiger partial charge in [-0.2, -0.15) is 0 Å². The molecule has 2 nitrogen and oxygen atoms in total. The van der Waals surface area contributed by atoms with Crippen molar-refractivity contribution in [1.82, 2.24) is 0 Å². The number of hydrogen-bond acceptors (Lipinski definition) is 2. The lowest BCUT2D eigenvalue weighted by Gasteiger charge is -2.23. The van der Waals surface area contributed by atoms with Crippen molar-refractivity contribution < 1.29 is 9.18 Å². The third-order valence-corrected chi connectivity index (χ3v) is 4.06. The van der Waals surface area contributed by atoms with Gasteiger partial charge in [-0.25, -0.2) is 4.39 Å². The zero-order valence-corrected chi connectivity index (χ0v) is 12.1. The fraction of sp³-hybridized carbons (Fsp3) is 0.278. The topological polar surface area (TPSA) is 20.3 Å². The zero-order valence-electron chi connectivity index (χ0n) is 12.1. The summed E-state index contributed by atoms with van der Waals surface area (Å²) >= 11 is 0. The number of Topliss-reactive ketones (excluding diaryl/α,β-unsaturated/α-hetero) is 1. The molecule has 0 aliphatic carbocycles. The molecule has 0 fully saturated rings. The minimum Gasteiger partial charge on any atom is -0.370 e. The third kappa shape index (κ3) is 2.68. The monoisotopic (exact) mass is 283 g/mol. The van der Waals surface area contributed by atoms with E-state index in [0.717, 1.165) is 13.0 Å². The first-order chi connectivity index (χ1) is 10.2. The number of ketones is 1. The maximum Gasteiger partial charge on any atom is 0.170 e. The molecular weight excluding hydrogens is 265 g/mol. The minimum absolute atomic E-state index is 0.127. The summed E-state index contributed by atoms with van der Waals surface area (Å²) in [5.41, 5.74) is 2.71. The maximum absolute atomic E-state index is 13.7. The molecule has 0 aromatic heterocycles. The van der Waals surface area contributed by atoms with Crippen molar-refractivity contribution in [2.75, 3.05) is 18.0 Å². The number of rotatable bonds is 4. The molecule has 3 heteroatoms. The molecule has 2 aromatic rings. The Labute approximate surface area is 124 Å². The van der Waals surface area contributed by atoms with E-state index in [4.69, 9.17) is 0 Å². The van der Waals surface area contributed by atoms with E-state index >= 15 is 0 Å². The highest BCUT2D eigenvalue weighted by Crippen LogP contribution is 2.28. The molecule has 0 radical (unpaired) electrons. The van der Waals surface area contributed by atoms with E-state index in [1.54, 1.807) is 18.2 Å². The SMILES string of the molecule is CC(CN1CCc2ccccc21)C(=O)c1ccccc1F. The van der Waals surface area contributed by atoms with Crippen LogP contribution in [0, 0.1) is 11.7 Å². The Morgan fingerprint density at radius 1 is 1.19 bits per heavy atom.